The van der Waals surface area contributed by atoms with E-state index in [4.69, 9.17) is 25.4 Å². The maximum absolute atomic E-state index is 13.2. The van der Waals surface area contributed by atoms with E-state index in [2.05, 4.69) is 15.2 Å². The van der Waals surface area contributed by atoms with Crippen LogP contribution in [0.25, 0.3) is 11.2 Å². The molecule has 2 aromatic heterocycles. The van der Waals surface area contributed by atoms with E-state index < -0.39 is 10.0 Å². The lowest BCUT2D eigenvalue weighted by molar-refractivity contribution is 0.329. The van der Waals surface area contributed by atoms with Crippen molar-refractivity contribution in [3.05, 3.63) is 30.6 Å². The van der Waals surface area contributed by atoms with Crippen LogP contribution in [0, 0.1) is 0 Å². The van der Waals surface area contributed by atoms with Gasteiger partial charge in [0.1, 0.15) is 5.75 Å². The average molecular weight is 642 g/mol. The van der Waals surface area contributed by atoms with Gasteiger partial charge in [-0.15, -0.1) is 24.8 Å². The predicted molar refractivity (Wildman–Crippen MR) is 170 cm³/mol. The molecule has 0 bridgehead atoms. The number of methoxy groups -OCH3 is 1. The Bertz CT molecular complexity index is 1420. The van der Waals surface area contributed by atoms with Crippen molar-refractivity contribution < 1.29 is 13.2 Å². The van der Waals surface area contributed by atoms with Crippen molar-refractivity contribution in [1.29, 1.82) is 0 Å². The van der Waals surface area contributed by atoms with E-state index in [0.29, 0.717) is 55.5 Å². The molecule has 1 aliphatic heterocycles. The molecule has 3 aromatic rings. The van der Waals surface area contributed by atoms with Gasteiger partial charge in [-0.2, -0.15) is 14.3 Å². The van der Waals surface area contributed by atoms with Crippen LogP contribution < -0.4 is 21.1 Å². The number of aromatic nitrogens is 4. The SMILES string of the molecule is COc1ccc(S(=O)(=O)N2CCC(Nc3nc(NC4CCC(N)CC4)nc4c3ncn4C3CCCC3)CC2)cc1.Cl.Cl. The van der Waals surface area contributed by atoms with Gasteiger partial charge in [0.05, 0.1) is 18.3 Å². The zero-order valence-corrected chi connectivity index (χ0v) is 26.4. The lowest BCUT2D eigenvalue weighted by Gasteiger charge is -2.32. The molecule has 0 radical (unpaired) electrons. The maximum atomic E-state index is 13.2. The van der Waals surface area contributed by atoms with Gasteiger partial charge in [-0.3, -0.25) is 0 Å². The number of ether oxygens (including phenoxy) is 1. The first kappa shape index (κ1) is 32.5. The van der Waals surface area contributed by atoms with Crippen LogP contribution in [-0.4, -0.2) is 70.6 Å². The second kappa shape index (κ2) is 13.9. The summed E-state index contributed by atoms with van der Waals surface area (Å²) >= 11 is 0. The summed E-state index contributed by atoms with van der Waals surface area (Å²) < 4.78 is 35.4. The topological polar surface area (TPSA) is 140 Å². The normalized spacial score (nSPS) is 22.3. The summed E-state index contributed by atoms with van der Waals surface area (Å²) in [4.78, 5) is 14.9. The van der Waals surface area contributed by atoms with Crippen molar-refractivity contribution in [1.82, 2.24) is 23.8 Å². The quantitative estimate of drug-likeness (QED) is 0.318. The smallest absolute Gasteiger partial charge is 0.243 e. The summed E-state index contributed by atoms with van der Waals surface area (Å²) in [6.07, 6.45) is 12.0. The molecule has 2 aliphatic carbocycles. The molecule has 3 aliphatic rings. The van der Waals surface area contributed by atoms with Crippen LogP contribution in [0.5, 0.6) is 5.75 Å². The van der Waals surface area contributed by atoms with E-state index in [1.54, 1.807) is 35.7 Å². The van der Waals surface area contributed by atoms with Gasteiger partial charge in [0.2, 0.25) is 16.0 Å². The average Bonchev–Trinajstić information content (AvgIpc) is 3.65. The van der Waals surface area contributed by atoms with Gasteiger partial charge < -0.3 is 25.7 Å². The highest BCUT2D eigenvalue weighted by Crippen LogP contribution is 2.34. The molecule has 2 saturated carbocycles. The number of halogens is 2. The third kappa shape index (κ3) is 6.88. The van der Waals surface area contributed by atoms with Gasteiger partial charge in [-0.1, -0.05) is 12.8 Å². The van der Waals surface area contributed by atoms with Crippen LogP contribution in [0.3, 0.4) is 0 Å². The van der Waals surface area contributed by atoms with Gasteiger partial charge in [0.25, 0.3) is 0 Å². The number of benzene rings is 1. The summed E-state index contributed by atoms with van der Waals surface area (Å²) in [6, 6.07) is 7.65. The summed E-state index contributed by atoms with van der Waals surface area (Å²) in [6.45, 7) is 0.869. The van der Waals surface area contributed by atoms with E-state index in [-0.39, 0.29) is 41.8 Å². The summed E-state index contributed by atoms with van der Waals surface area (Å²) in [5, 5.41) is 7.19. The molecule has 42 heavy (non-hydrogen) atoms. The highest BCUT2D eigenvalue weighted by molar-refractivity contribution is 7.89. The van der Waals surface area contributed by atoms with E-state index in [1.807, 2.05) is 6.33 Å². The molecular weight excluding hydrogens is 599 g/mol. The number of nitrogens with two attached hydrogens (primary N) is 1. The molecule has 0 unspecified atom stereocenters. The number of hydrogen-bond donors (Lipinski definition) is 3. The Balaban J connectivity index is 0.00000202. The fourth-order valence-electron chi connectivity index (χ4n) is 6.31. The number of anilines is 2. The maximum Gasteiger partial charge on any atom is 0.243 e. The first-order valence-electron chi connectivity index (χ1n) is 14.6. The third-order valence-electron chi connectivity index (χ3n) is 8.74. The Kier molecular flexibility index (Phi) is 10.8. The minimum atomic E-state index is -3.56. The monoisotopic (exact) mass is 640 g/mol. The number of nitrogens with one attached hydrogen (secondary N) is 2. The Hall–Kier alpha value is -2.38. The van der Waals surface area contributed by atoms with Crippen molar-refractivity contribution in [2.24, 2.45) is 5.73 Å². The molecule has 14 heteroatoms. The zero-order valence-electron chi connectivity index (χ0n) is 23.9. The van der Waals surface area contributed by atoms with E-state index in [1.165, 1.54) is 12.8 Å². The second-order valence-corrected chi connectivity index (χ2v) is 13.4. The van der Waals surface area contributed by atoms with Crippen LogP contribution in [0.15, 0.2) is 35.5 Å². The number of fused-ring (bicyclic) bond motifs is 1. The van der Waals surface area contributed by atoms with Gasteiger partial charge in [0, 0.05) is 37.3 Å². The highest BCUT2D eigenvalue weighted by Gasteiger charge is 2.31. The van der Waals surface area contributed by atoms with Gasteiger partial charge >= 0.3 is 0 Å². The van der Waals surface area contributed by atoms with Crippen molar-refractivity contribution >= 4 is 57.8 Å². The standard InChI is InChI=1S/C28H40N8O3S.2ClH/c1-39-23-10-12-24(13-11-23)40(37,38)35-16-14-21(15-17-35)31-26-25-27(36(18-30-25)22-4-2-3-5-22)34-28(33-26)32-20-8-6-19(29)7-9-20;;/h10-13,18-22H,2-9,14-17,29H2,1H3,(H2,31,32,33,34);2*1H. The van der Waals surface area contributed by atoms with E-state index >= 15 is 0 Å². The Morgan fingerprint density at radius 2 is 1.52 bits per heavy atom. The summed E-state index contributed by atoms with van der Waals surface area (Å²) in [7, 11) is -2.00. The van der Waals surface area contributed by atoms with Crippen LogP contribution >= 0.6 is 24.8 Å². The number of imidazole rings is 1. The molecule has 3 fully saturated rings. The minimum Gasteiger partial charge on any atom is -0.497 e. The third-order valence-corrected chi connectivity index (χ3v) is 10.6. The van der Waals surface area contributed by atoms with Crippen LogP contribution in [0.4, 0.5) is 11.8 Å². The fraction of sp³-hybridized carbons (Fsp3) is 0.607. The van der Waals surface area contributed by atoms with Crippen molar-refractivity contribution in [2.75, 3.05) is 30.8 Å². The first-order chi connectivity index (χ1) is 19.4. The molecule has 6 rings (SSSR count). The predicted octanol–water partition coefficient (Wildman–Crippen LogP) is 4.74. The molecule has 1 saturated heterocycles. The number of rotatable bonds is 8. The van der Waals surface area contributed by atoms with Gasteiger partial charge in [-0.25, -0.2) is 13.4 Å². The Labute approximate surface area is 260 Å². The molecule has 0 amide bonds. The summed E-state index contributed by atoms with van der Waals surface area (Å²) in [5.74, 6) is 1.97. The van der Waals surface area contributed by atoms with Crippen LogP contribution in [0.1, 0.15) is 70.3 Å². The van der Waals surface area contributed by atoms with Gasteiger partial charge in [-0.05, 0) is 75.6 Å². The molecule has 11 nitrogen and oxygen atoms in total. The number of sulfonamides is 1. The second-order valence-electron chi connectivity index (χ2n) is 11.4. The lowest BCUT2D eigenvalue weighted by Crippen LogP contribution is -2.42. The first-order valence-corrected chi connectivity index (χ1v) is 16.0. The van der Waals surface area contributed by atoms with Crippen LogP contribution in [-0.2, 0) is 10.0 Å². The Morgan fingerprint density at radius 3 is 2.17 bits per heavy atom. The number of hydrogen-bond acceptors (Lipinski definition) is 9. The van der Waals surface area contributed by atoms with E-state index in [9.17, 15) is 8.42 Å². The zero-order chi connectivity index (χ0) is 27.7. The van der Waals surface area contributed by atoms with Crippen molar-refractivity contribution in [3.63, 3.8) is 0 Å². The lowest BCUT2D eigenvalue weighted by atomic mass is 9.92. The molecule has 3 heterocycles. The molecule has 1 aromatic carbocycles. The molecule has 4 N–H and O–H groups in total. The fourth-order valence-corrected chi connectivity index (χ4v) is 7.78. The van der Waals surface area contributed by atoms with Crippen molar-refractivity contribution in [3.8, 4) is 5.75 Å². The van der Waals surface area contributed by atoms with E-state index in [0.717, 1.165) is 49.7 Å². The molecular formula is C28H42Cl2N8O3S. The van der Waals surface area contributed by atoms with Gasteiger partial charge in [0.15, 0.2) is 17.0 Å². The number of piperidine rings is 1. The summed E-state index contributed by atoms with van der Waals surface area (Å²) in [5.41, 5.74) is 7.76. The van der Waals surface area contributed by atoms with Crippen molar-refractivity contribution in [2.45, 2.75) is 93.3 Å². The molecule has 0 spiro atoms. The molecule has 232 valence electrons. The highest BCUT2D eigenvalue weighted by atomic mass is 35.5. The largest absolute Gasteiger partial charge is 0.497 e. The van der Waals surface area contributed by atoms with Crippen LogP contribution in [0.2, 0.25) is 0 Å². The minimum absolute atomic E-state index is 0. The number of nitrogens with zero attached hydrogens (tertiary/aromatic N) is 5. The molecule has 0 atom stereocenters. The Morgan fingerprint density at radius 1 is 0.881 bits per heavy atom.